The zero-order chi connectivity index (χ0) is 14.1. The van der Waals surface area contributed by atoms with E-state index in [1.54, 1.807) is 0 Å². The van der Waals surface area contributed by atoms with E-state index in [-0.39, 0.29) is 18.9 Å². The second-order valence-electron chi connectivity index (χ2n) is 1.03. The van der Waals surface area contributed by atoms with Crippen LogP contribution in [0.5, 0.6) is 0 Å². The second-order valence-corrected chi connectivity index (χ2v) is 1.46. The maximum atomic E-state index is 9.95. The third-order valence-electron chi connectivity index (χ3n) is 0.183. The van der Waals surface area contributed by atoms with Gasteiger partial charge < -0.3 is 15.1 Å². The second kappa shape index (κ2) is 29.3. The molecule has 0 aromatic rings. The summed E-state index contributed by atoms with van der Waals surface area (Å²) in [6, 6.07) is 0. The fourth-order valence-electron chi connectivity index (χ4n) is 0. The molecule has 0 unspecified atom stereocenters. The molecule has 0 spiro atoms. The van der Waals surface area contributed by atoms with E-state index in [9.17, 15) is 8.39 Å². The van der Waals surface area contributed by atoms with Crippen molar-refractivity contribution in [3.63, 3.8) is 0 Å². The van der Waals surface area contributed by atoms with Gasteiger partial charge >= 0.3 is 39.6 Å². The number of carboxylic acids is 2. The minimum absolute atomic E-state index is 0. The van der Waals surface area contributed by atoms with Crippen molar-refractivity contribution in [2.75, 3.05) is 0 Å². The van der Waals surface area contributed by atoms with Gasteiger partial charge in [-0.3, -0.25) is 0 Å². The first-order valence-corrected chi connectivity index (χ1v) is 3.63. The van der Waals surface area contributed by atoms with Crippen LogP contribution in [0.3, 0.4) is 0 Å². The van der Waals surface area contributed by atoms with Crippen LogP contribution in [-0.2, 0) is 19.2 Å². The summed E-state index contributed by atoms with van der Waals surface area (Å²) in [5.41, 5.74) is 0. The van der Waals surface area contributed by atoms with Gasteiger partial charge in [0.15, 0.2) is 0 Å². The molecule has 0 amide bonds. The molecule has 0 radical (unpaired) electrons. The molecule has 0 aliphatic heterocycles. The number of carboxylic acid groups (broad SMARTS) is 2. The first-order chi connectivity index (χ1) is 7.20. The molecule has 5 N–H and O–H groups in total. The number of isocyanates is 2. The van der Waals surface area contributed by atoms with Crippen molar-refractivity contribution in [3.8, 4) is 0 Å². The summed E-state index contributed by atoms with van der Waals surface area (Å²) in [6.07, 6.45) is 1.50. The van der Waals surface area contributed by atoms with Gasteiger partial charge in [-0.1, -0.05) is 0 Å². The Bertz CT molecular complexity index is 238. The zero-order valence-electron chi connectivity index (χ0n) is 7.18. The summed E-state index contributed by atoms with van der Waals surface area (Å²) >= 11 is 0. The van der Waals surface area contributed by atoms with E-state index in [0.717, 1.165) is 12.2 Å². The number of hydrogen-bond acceptors (Lipinski definition) is 7. The van der Waals surface area contributed by atoms with E-state index in [0.29, 0.717) is 0 Å². The Morgan fingerprint density at radius 2 is 1.06 bits per heavy atom. The third kappa shape index (κ3) is 353. The summed E-state index contributed by atoms with van der Waals surface area (Å²) in [6.45, 7) is 0. The van der Waals surface area contributed by atoms with E-state index in [2.05, 4.69) is 0 Å². The van der Waals surface area contributed by atoms with E-state index in [1.807, 2.05) is 0 Å². The van der Waals surface area contributed by atoms with E-state index < -0.39 is 20.7 Å². The molecule has 9 nitrogen and oxygen atoms in total. The Morgan fingerprint density at radius 1 is 1.00 bits per heavy atom. The molecule has 0 fully saturated rings. The predicted octanol–water partition coefficient (Wildman–Crippen LogP) is -0.546. The van der Waals surface area contributed by atoms with Crippen LogP contribution in [0.15, 0.2) is 0 Å². The number of nitrogens with one attached hydrogen (secondary N) is 2. The van der Waals surface area contributed by atoms with Gasteiger partial charge in [-0.05, 0) is 0 Å². The Hall–Kier alpha value is -1.45. The van der Waals surface area contributed by atoms with Crippen molar-refractivity contribution in [1.29, 1.82) is 10.8 Å². The molecule has 13 heteroatoms. The molecule has 0 aliphatic rings. The molecule has 0 aromatic carbocycles. The molecule has 0 bridgehead atoms. The number of halogens is 2. The summed E-state index contributed by atoms with van der Waals surface area (Å²) in [5, 5.41) is 25.6. The summed E-state index contributed by atoms with van der Waals surface area (Å²) in [7, 11) is -3.62. The molecular formula is C4H6F2LiN2O7P. The molecule has 17 heavy (non-hydrogen) atoms. The average molecular weight is 270 g/mol. The Morgan fingerprint density at radius 3 is 1.06 bits per heavy atom. The van der Waals surface area contributed by atoms with Gasteiger partial charge in [-0.25, -0.2) is 30.0 Å². The standard InChI is InChI=1S/C2H2O4.2CHNO.F2HOP.Li.H/c3-1(4)2(5)6;2*2-1-3;1-4(2)3;;/h(H,3,4)(H,5,6);2*2H;3H;;. The Kier molecular flexibility index (Phi) is 51.0. The van der Waals surface area contributed by atoms with Crippen molar-refractivity contribution in [2.24, 2.45) is 0 Å². The quantitative estimate of drug-likeness (QED) is 0.129. The summed E-state index contributed by atoms with van der Waals surface area (Å²) in [5.74, 6) is -3.65. The zero-order valence-corrected chi connectivity index (χ0v) is 8.07. The van der Waals surface area contributed by atoms with Crippen molar-refractivity contribution in [1.82, 2.24) is 0 Å². The van der Waals surface area contributed by atoms with Gasteiger partial charge in [-0.15, -0.1) is 0 Å². The number of hydrogen-bond donors (Lipinski definition) is 5. The van der Waals surface area contributed by atoms with Crippen LogP contribution in [0.25, 0.3) is 0 Å². The third-order valence-corrected chi connectivity index (χ3v) is 0.183. The SMILES string of the molecule is N=C=O.N=C=O.O=C(O)C(=O)O.OP(F)F.[LiH]. The van der Waals surface area contributed by atoms with Crippen molar-refractivity contribution >= 4 is 51.7 Å². The predicted molar refractivity (Wildman–Crippen MR) is 50.6 cm³/mol. The van der Waals surface area contributed by atoms with Crippen molar-refractivity contribution < 1.29 is 42.7 Å². The van der Waals surface area contributed by atoms with Crippen LogP contribution >= 0.6 is 8.77 Å². The van der Waals surface area contributed by atoms with Gasteiger partial charge in [0.2, 0.25) is 12.2 Å². The Labute approximate surface area is 106 Å². The van der Waals surface area contributed by atoms with Gasteiger partial charge in [0, 0.05) is 0 Å². The van der Waals surface area contributed by atoms with Gasteiger partial charge in [-0.2, -0.15) is 8.39 Å². The average Bonchev–Trinajstić information content (AvgIpc) is 2.05. The van der Waals surface area contributed by atoms with Crippen molar-refractivity contribution in [2.45, 2.75) is 0 Å². The molecule has 0 rings (SSSR count). The number of rotatable bonds is 0. The molecule has 0 aliphatic carbocycles. The molecule has 0 saturated heterocycles. The van der Waals surface area contributed by atoms with Crippen LogP contribution in [0.2, 0.25) is 0 Å². The van der Waals surface area contributed by atoms with Crippen LogP contribution < -0.4 is 0 Å². The number of aliphatic carboxylic acids is 2. The Balaban J connectivity index is -0.0000000388. The summed E-state index contributed by atoms with van der Waals surface area (Å²) < 4.78 is 19.9. The number of carbonyl (C=O) groups is 2. The topological polar surface area (TPSA) is 177 Å². The van der Waals surface area contributed by atoms with E-state index in [1.165, 1.54) is 0 Å². The maximum absolute atomic E-state index is 9.95. The van der Waals surface area contributed by atoms with Crippen LogP contribution in [0.4, 0.5) is 8.39 Å². The molecule has 94 valence electrons. The van der Waals surface area contributed by atoms with Crippen molar-refractivity contribution in [3.05, 3.63) is 0 Å². The van der Waals surface area contributed by atoms with Gasteiger partial charge in [0.1, 0.15) is 0 Å². The van der Waals surface area contributed by atoms with Crippen LogP contribution in [0, 0.1) is 10.8 Å². The monoisotopic (exact) mass is 270 g/mol. The van der Waals surface area contributed by atoms with E-state index >= 15 is 0 Å². The number of carbonyl (C=O) groups excluding carboxylic acids is 2. The van der Waals surface area contributed by atoms with Crippen LogP contribution in [0.1, 0.15) is 0 Å². The van der Waals surface area contributed by atoms with Gasteiger partial charge in [0.25, 0.3) is 0 Å². The minimum atomic E-state index is -3.62. The molecular weight excluding hydrogens is 264 g/mol. The van der Waals surface area contributed by atoms with E-state index in [4.69, 9.17) is 45.1 Å². The van der Waals surface area contributed by atoms with Crippen LogP contribution in [-0.4, -0.2) is 58.1 Å². The van der Waals surface area contributed by atoms with Gasteiger partial charge in [0.05, 0.1) is 0 Å². The molecule has 0 saturated carbocycles. The molecule has 0 aromatic heterocycles. The first kappa shape index (κ1) is 29.6. The molecule has 0 heterocycles. The molecule has 0 atom stereocenters. The summed E-state index contributed by atoms with van der Waals surface area (Å²) in [4.78, 5) is 41.7. The fraction of sp³-hybridized carbons (Fsp3) is 0. The first-order valence-electron chi connectivity index (χ1n) is 2.55. The normalized spacial score (nSPS) is 5.65. The fourth-order valence-corrected chi connectivity index (χ4v) is 0.